The van der Waals surface area contributed by atoms with Crippen molar-refractivity contribution < 1.29 is 12.8 Å². The van der Waals surface area contributed by atoms with E-state index in [0.29, 0.717) is 19.0 Å². The van der Waals surface area contributed by atoms with E-state index < -0.39 is 15.8 Å². The molecule has 3 rings (SSSR count). The van der Waals surface area contributed by atoms with E-state index in [1.165, 1.54) is 22.5 Å². The summed E-state index contributed by atoms with van der Waals surface area (Å²) in [5.41, 5.74) is 0. The third kappa shape index (κ3) is 2.40. The van der Waals surface area contributed by atoms with Crippen LogP contribution in [0.3, 0.4) is 0 Å². The van der Waals surface area contributed by atoms with Gasteiger partial charge >= 0.3 is 0 Å². The van der Waals surface area contributed by atoms with Crippen LogP contribution < -0.4 is 5.32 Å². The molecule has 2 fully saturated rings. The number of piperidine rings is 1. The van der Waals surface area contributed by atoms with Gasteiger partial charge in [-0.3, -0.25) is 0 Å². The first-order valence-corrected chi connectivity index (χ1v) is 8.00. The second kappa shape index (κ2) is 4.85. The normalized spacial score (nSPS) is 28.3. The molecule has 2 atom stereocenters. The average Bonchev–Trinajstić information content (AvgIpc) is 2.83. The fourth-order valence-corrected chi connectivity index (χ4v) is 4.53. The summed E-state index contributed by atoms with van der Waals surface area (Å²) in [7, 11) is -3.57. The fourth-order valence-electron chi connectivity index (χ4n) is 2.98. The molecular formula is C13H17FN2O2S. The van der Waals surface area contributed by atoms with Crippen molar-refractivity contribution in [2.75, 3.05) is 19.6 Å². The van der Waals surface area contributed by atoms with E-state index in [1.54, 1.807) is 0 Å². The Kier molecular flexibility index (Phi) is 3.32. The summed E-state index contributed by atoms with van der Waals surface area (Å²) in [6, 6.07) is 5.48. The minimum atomic E-state index is -3.57. The Balaban J connectivity index is 1.85. The molecule has 2 saturated heterocycles. The van der Waals surface area contributed by atoms with Gasteiger partial charge < -0.3 is 5.32 Å². The molecule has 0 aromatic heterocycles. The van der Waals surface area contributed by atoms with Crippen LogP contribution in [0.2, 0.25) is 0 Å². The van der Waals surface area contributed by atoms with Crippen LogP contribution in [0, 0.1) is 11.7 Å². The lowest BCUT2D eigenvalue weighted by molar-refractivity contribution is 0.339. The largest absolute Gasteiger partial charge is 0.312 e. The van der Waals surface area contributed by atoms with Gasteiger partial charge in [0.2, 0.25) is 10.0 Å². The van der Waals surface area contributed by atoms with E-state index in [9.17, 15) is 12.8 Å². The monoisotopic (exact) mass is 284 g/mol. The van der Waals surface area contributed by atoms with Gasteiger partial charge in [-0.2, -0.15) is 4.31 Å². The molecule has 0 radical (unpaired) electrons. The molecule has 0 spiro atoms. The highest BCUT2D eigenvalue weighted by molar-refractivity contribution is 7.89. The van der Waals surface area contributed by atoms with Crippen LogP contribution in [0.25, 0.3) is 0 Å². The van der Waals surface area contributed by atoms with Crippen LogP contribution in [0.4, 0.5) is 4.39 Å². The molecule has 1 aromatic rings. The van der Waals surface area contributed by atoms with Crippen molar-refractivity contribution in [1.82, 2.24) is 9.62 Å². The first-order valence-electron chi connectivity index (χ1n) is 6.56. The van der Waals surface area contributed by atoms with Gasteiger partial charge in [-0.25, -0.2) is 12.8 Å². The van der Waals surface area contributed by atoms with Crippen molar-refractivity contribution in [2.45, 2.75) is 23.8 Å². The third-order valence-electron chi connectivity index (χ3n) is 4.00. The Morgan fingerprint density at radius 3 is 2.89 bits per heavy atom. The number of hydrogen-bond acceptors (Lipinski definition) is 3. The number of fused-ring (bicyclic) bond motifs is 1. The molecule has 1 N–H and O–H groups in total. The quantitative estimate of drug-likeness (QED) is 0.888. The zero-order valence-electron chi connectivity index (χ0n) is 10.5. The minimum absolute atomic E-state index is 0.0474. The van der Waals surface area contributed by atoms with Gasteiger partial charge in [-0.15, -0.1) is 0 Å². The summed E-state index contributed by atoms with van der Waals surface area (Å²) in [5, 5.41) is 3.37. The maximum Gasteiger partial charge on any atom is 0.243 e. The molecular weight excluding hydrogens is 267 g/mol. The molecule has 4 nitrogen and oxygen atoms in total. The summed E-state index contributed by atoms with van der Waals surface area (Å²) in [6.45, 7) is 1.98. The second-order valence-electron chi connectivity index (χ2n) is 5.24. The van der Waals surface area contributed by atoms with Gasteiger partial charge in [0.15, 0.2) is 0 Å². The molecule has 2 unspecified atom stereocenters. The van der Waals surface area contributed by atoms with Crippen LogP contribution >= 0.6 is 0 Å². The summed E-state index contributed by atoms with van der Waals surface area (Å²) >= 11 is 0. The maximum atomic E-state index is 13.2. The molecule has 2 aliphatic rings. The molecule has 2 aliphatic heterocycles. The lowest BCUT2D eigenvalue weighted by Gasteiger charge is -2.24. The van der Waals surface area contributed by atoms with Crippen LogP contribution in [0.15, 0.2) is 29.2 Å². The predicted molar refractivity (Wildman–Crippen MR) is 69.7 cm³/mol. The Hall–Kier alpha value is -0.980. The minimum Gasteiger partial charge on any atom is -0.312 e. The number of rotatable bonds is 2. The number of halogens is 1. The van der Waals surface area contributed by atoms with E-state index >= 15 is 0 Å². The number of sulfonamides is 1. The van der Waals surface area contributed by atoms with E-state index in [0.717, 1.165) is 25.5 Å². The zero-order chi connectivity index (χ0) is 13.5. The number of hydrogen-bond donors (Lipinski definition) is 1. The molecule has 6 heteroatoms. The lowest BCUT2D eigenvalue weighted by Crippen LogP contribution is -2.41. The Morgan fingerprint density at radius 1 is 1.32 bits per heavy atom. The van der Waals surface area contributed by atoms with Crippen molar-refractivity contribution in [2.24, 2.45) is 5.92 Å². The van der Waals surface area contributed by atoms with Crippen molar-refractivity contribution in [1.29, 1.82) is 0 Å². The van der Waals surface area contributed by atoms with Crippen LogP contribution in [0.5, 0.6) is 0 Å². The van der Waals surface area contributed by atoms with E-state index in [1.807, 2.05) is 0 Å². The van der Waals surface area contributed by atoms with Gasteiger partial charge in [0.1, 0.15) is 5.82 Å². The number of benzene rings is 1. The van der Waals surface area contributed by atoms with Gasteiger partial charge in [-0.05, 0) is 43.5 Å². The van der Waals surface area contributed by atoms with Crippen LogP contribution in [-0.4, -0.2) is 38.4 Å². The Bertz CT molecular complexity index is 562. The van der Waals surface area contributed by atoms with Crippen LogP contribution in [-0.2, 0) is 10.0 Å². The van der Waals surface area contributed by atoms with Gasteiger partial charge in [0.25, 0.3) is 0 Å². The topological polar surface area (TPSA) is 49.4 Å². The Morgan fingerprint density at radius 2 is 2.16 bits per heavy atom. The van der Waals surface area contributed by atoms with E-state index in [-0.39, 0.29) is 10.9 Å². The Labute approximate surface area is 112 Å². The molecule has 0 bridgehead atoms. The molecule has 19 heavy (non-hydrogen) atoms. The summed E-state index contributed by atoms with van der Waals surface area (Å²) in [6.07, 6.45) is 2.15. The van der Waals surface area contributed by atoms with Crippen molar-refractivity contribution in [3.05, 3.63) is 30.1 Å². The molecule has 104 valence electrons. The maximum absolute atomic E-state index is 13.2. The van der Waals surface area contributed by atoms with Gasteiger partial charge in [0.05, 0.1) is 4.90 Å². The summed E-state index contributed by atoms with van der Waals surface area (Å²) < 4.78 is 39.6. The van der Waals surface area contributed by atoms with Gasteiger partial charge in [-0.1, -0.05) is 6.07 Å². The molecule has 1 aromatic carbocycles. The first kappa shape index (κ1) is 13.0. The van der Waals surface area contributed by atoms with E-state index in [4.69, 9.17) is 0 Å². The number of nitrogens with zero attached hydrogens (tertiary/aromatic N) is 1. The summed E-state index contributed by atoms with van der Waals surface area (Å²) in [5.74, 6) is -0.132. The molecule has 0 saturated carbocycles. The predicted octanol–water partition coefficient (Wildman–Crippen LogP) is 1.20. The lowest BCUT2D eigenvalue weighted by atomic mass is 9.94. The standard InChI is InChI=1S/C13H17FN2O2S/c14-11-4-1-5-12(7-11)19(17,18)16-8-10-3-2-6-15-13(10)9-16/h1,4-5,7,10,13,15H,2-3,6,8-9H2. The van der Waals surface area contributed by atoms with Crippen molar-refractivity contribution >= 4 is 10.0 Å². The number of nitrogens with one attached hydrogen (secondary N) is 1. The first-order chi connectivity index (χ1) is 9.07. The zero-order valence-corrected chi connectivity index (χ0v) is 11.4. The third-order valence-corrected chi connectivity index (χ3v) is 5.83. The average molecular weight is 284 g/mol. The molecule has 2 heterocycles. The highest BCUT2D eigenvalue weighted by Gasteiger charge is 2.40. The molecule has 0 amide bonds. The second-order valence-corrected chi connectivity index (χ2v) is 7.18. The highest BCUT2D eigenvalue weighted by atomic mass is 32.2. The fraction of sp³-hybridized carbons (Fsp3) is 0.538. The molecule has 0 aliphatic carbocycles. The van der Waals surface area contributed by atoms with Crippen molar-refractivity contribution in [3.63, 3.8) is 0 Å². The SMILES string of the molecule is O=S(=O)(c1cccc(F)c1)N1CC2CCCNC2C1. The summed E-state index contributed by atoms with van der Waals surface area (Å²) in [4.78, 5) is 0.0474. The van der Waals surface area contributed by atoms with E-state index in [2.05, 4.69) is 5.32 Å². The van der Waals surface area contributed by atoms with Crippen LogP contribution in [0.1, 0.15) is 12.8 Å². The van der Waals surface area contributed by atoms with Crippen molar-refractivity contribution in [3.8, 4) is 0 Å². The highest BCUT2D eigenvalue weighted by Crippen LogP contribution is 2.29. The van der Waals surface area contributed by atoms with Gasteiger partial charge in [0, 0.05) is 19.1 Å². The smallest absolute Gasteiger partial charge is 0.243 e.